The minimum atomic E-state index is -0.212. The lowest BCUT2D eigenvalue weighted by atomic mass is 9.83. The van der Waals surface area contributed by atoms with Crippen molar-refractivity contribution in [1.82, 2.24) is 10.2 Å². The van der Waals surface area contributed by atoms with Crippen LogP contribution in [0.3, 0.4) is 0 Å². The third kappa shape index (κ3) is 6.38. The number of benzene rings is 2. The number of rotatable bonds is 3. The van der Waals surface area contributed by atoms with E-state index in [1.54, 1.807) is 12.1 Å². The van der Waals surface area contributed by atoms with Crippen molar-refractivity contribution in [1.29, 1.82) is 0 Å². The third-order valence-corrected chi connectivity index (χ3v) is 10.3. The van der Waals surface area contributed by atoms with Crippen LogP contribution in [0.5, 0.6) is 0 Å². The van der Waals surface area contributed by atoms with Crippen LogP contribution < -0.4 is 11.1 Å². The second kappa shape index (κ2) is 12.6. The van der Waals surface area contributed by atoms with E-state index in [0.29, 0.717) is 33.9 Å². The molecule has 3 amide bonds. The summed E-state index contributed by atoms with van der Waals surface area (Å²) in [6, 6.07) is 8.20. The zero-order valence-electron chi connectivity index (χ0n) is 25.6. The van der Waals surface area contributed by atoms with Gasteiger partial charge in [-0.15, -0.1) is 0 Å². The first-order valence-corrected chi connectivity index (χ1v) is 16.2. The van der Waals surface area contributed by atoms with Crippen molar-refractivity contribution in [3.63, 3.8) is 0 Å². The van der Waals surface area contributed by atoms with Gasteiger partial charge in [-0.3, -0.25) is 19.3 Å². The smallest absolute Gasteiger partial charge is 0.261 e. The molecule has 6 rings (SSSR count). The molecule has 4 N–H and O–H groups in total. The van der Waals surface area contributed by atoms with Crippen LogP contribution in [0.15, 0.2) is 24.3 Å². The number of carbonyl (C=O) groups excluding carboxylic acids is 3. The Morgan fingerprint density at radius 2 is 1.20 bits per heavy atom. The monoisotopic (exact) mass is 560 g/mol. The van der Waals surface area contributed by atoms with Gasteiger partial charge in [-0.1, -0.05) is 26.8 Å². The molecular weight excluding hydrogens is 510 g/mol. The maximum absolute atomic E-state index is 13.5. The predicted molar refractivity (Wildman–Crippen MR) is 164 cm³/mol. The average molecular weight is 561 g/mol. The van der Waals surface area contributed by atoms with E-state index in [1.165, 1.54) is 30.6 Å². The quantitative estimate of drug-likeness (QED) is 0.423. The molecule has 0 aromatic heterocycles. The van der Waals surface area contributed by atoms with Gasteiger partial charge in [0.1, 0.15) is 0 Å². The normalized spacial score (nSPS) is 30.0. The molecule has 1 heterocycles. The highest BCUT2D eigenvalue weighted by Gasteiger charge is 2.39. The van der Waals surface area contributed by atoms with E-state index in [4.69, 9.17) is 0 Å². The molecule has 3 saturated carbocycles. The van der Waals surface area contributed by atoms with Gasteiger partial charge in [0.25, 0.3) is 17.7 Å². The summed E-state index contributed by atoms with van der Waals surface area (Å²) < 4.78 is 0. The molecular formula is C35H50N3O3+. The molecule has 0 spiro atoms. The summed E-state index contributed by atoms with van der Waals surface area (Å²) in [5.74, 6) is 1.81. The Hall–Kier alpha value is -2.73. The molecule has 2 aromatic carbocycles. The fourth-order valence-corrected chi connectivity index (χ4v) is 7.39. The Bertz CT molecular complexity index is 1250. The molecule has 3 aliphatic carbocycles. The van der Waals surface area contributed by atoms with Gasteiger partial charge < -0.3 is 11.1 Å². The highest BCUT2D eigenvalue weighted by molar-refractivity contribution is 6.28. The van der Waals surface area contributed by atoms with Crippen LogP contribution in [0, 0.1) is 24.7 Å². The van der Waals surface area contributed by atoms with Gasteiger partial charge in [0.2, 0.25) is 0 Å². The predicted octanol–water partition coefficient (Wildman–Crippen LogP) is 6.44. The van der Waals surface area contributed by atoms with Crippen LogP contribution in [-0.2, 0) is 0 Å². The third-order valence-electron chi connectivity index (χ3n) is 10.3. The topological polar surface area (TPSA) is 94.1 Å². The highest BCUT2D eigenvalue weighted by Crippen LogP contribution is 2.38. The van der Waals surface area contributed by atoms with Crippen LogP contribution in [0.2, 0.25) is 0 Å². The van der Waals surface area contributed by atoms with Crippen molar-refractivity contribution in [2.24, 2.45) is 17.8 Å². The SMILES string of the molecule is CC1CCC([NH3+])CC1.Cc1ccc2c3c(ccc(C(=O)NC4CCC(C)CC4)c13)C(=O)N(C1CCC(C)CC1)C2=O. The lowest BCUT2D eigenvalue weighted by Crippen LogP contribution is -2.61. The summed E-state index contributed by atoms with van der Waals surface area (Å²) in [4.78, 5) is 41.9. The van der Waals surface area contributed by atoms with Crippen molar-refractivity contribution in [2.75, 3.05) is 0 Å². The molecule has 0 bridgehead atoms. The molecule has 2 aromatic rings. The minimum absolute atomic E-state index is 0.0395. The number of aryl methyl sites for hydroxylation is 1. The first-order valence-electron chi connectivity index (χ1n) is 16.2. The van der Waals surface area contributed by atoms with Crippen molar-refractivity contribution >= 4 is 28.5 Å². The first-order chi connectivity index (χ1) is 19.6. The van der Waals surface area contributed by atoms with Crippen LogP contribution >= 0.6 is 0 Å². The van der Waals surface area contributed by atoms with Crippen LogP contribution in [0.1, 0.15) is 134 Å². The van der Waals surface area contributed by atoms with Gasteiger partial charge >= 0.3 is 0 Å². The summed E-state index contributed by atoms with van der Waals surface area (Å²) in [5.41, 5.74) is 6.60. The Balaban J connectivity index is 0.000000365. The van der Waals surface area contributed by atoms with Crippen LogP contribution in [0.25, 0.3) is 10.8 Å². The number of quaternary nitrogens is 1. The zero-order chi connectivity index (χ0) is 29.3. The molecule has 3 fully saturated rings. The van der Waals surface area contributed by atoms with Crippen molar-refractivity contribution in [2.45, 2.75) is 123 Å². The number of carbonyl (C=O) groups is 3. The zero-order valence-corrected chi connectivity index (χ0v) is 25.6. The van der Waals surface area contributed by atoms with Crippen molar-refractivity contribution < 1.29 is 20.1 Å². The van der Waals surface area contributed by atoms with E-state index >= 15 is 0 Å². The Morgan fingerprint density at radius 3 is 1.73 bits per heavy atom. The molecule has 4 aliphatic rings. The highest BCUT2D eigenvalue weighted by atomic mass is 16.2. The second-order valence-electron chi connectivity index (χ2n) is 13.8. The van der Waals surface area contributed by atoms with E-state index in [1.807, 2.05) is 19.1 Å². The van der Waals surface area contributed by atoms with E-state index < -0.39 is 0 Å². The van der Waals surface area contributed by atoms with Gasteiger partial charge in [-0.05, 0) is 131 Å². The summed E-state index contributed by atoms with van der Waals surface area (Å²) in [5, 5.41) is 4.61. The molecule has 1 aliphatic heterocycles. The number of nitrogens with zero attached hydrogens (tertiary/aromatic N) is 1. The number of imide groups is 1. The van der Waals surface area contributed by atoms with Crippen molar-refractivity contribution in [3.05, 3.63) is 46.5 Å². The lowest BCUT2D eigenvalue weighted by molar-refractivity contribution is -0.426. The van der Waals surface area contributed by atoms with Gasteiger partial charge in [0.05, 0.1) is 6.04 Å². The maximum atomic E-state index is 13.5. The fraction of sp³-hybridized carbons (Fsp3) is 0.629. The van der Waals surface area contributed by atoms with E-state index in [2.05, 4.69) is 31.8 Å². The fourth-order valence-electron chi connectivity index (χ4n) is 7.39. The minimum Gasteiger partial charge on any atom is -0.355 e. The molecule has 6 nitrogen and oxygen atoms in total. The van der Waals surface area contributed by atoms with E-state index in [-0.39, 0.29) is 29.8 Å². The molecule has 41 heavy (non-hydrogen) atoms. The summed E-state index contributed by atoms with van der Waals surface area (Å²) in [6.45, 7) is 8.78. The summed E-state index contributed by atoms with van der Waals surface area (Å²) >= 11 is 0. The standard InChI is InChI=1S/C28H34N2O3.C7H15N/c1-16-4-9-19(10-5-16)29-26(31)21-14-15-23-25-22(13-8-18(3)24(21)25)27(32)30(28(23)33)20-11-6-17(2)7-12-20;1-6-2-4-7(8)5-3-6/h8,13-17,19-20H,4-7,9-12H2,1-3H3,(H,29,31);6-7H,2-5,8H2,1H3/p+1. The first kappa shape index (κ1) is 29.8. The average Bonchev–Trinajstić information content (AvgIpc) is 2.96. The molecule has 6 heteroatoms. The van der Waals surface area contributed by atoms with Gasteiger partial charge in [0.15, 0.2) is 0 Å². The van der Waals surface area contributed by atoms with E-state index in [9.17, 15) is 14.4 Å². The number of hydrogen-bond acceptors (Lipinski definition) is 3. The Labute approximate surface area is 245 Å². The van der Waals surface area contributed by atoms with E-state index in [0.717, 1.165) is 74.3 Å². The van der Waals surface area contributed by atoms with Crippen molar-refractivity contribution in [3.8, 4) is 0 Å². The lowest BCUT2D eigenvalue weighted by Gasteiger charge is -2.37. The summed E-state index contributed by atoms with van der Waals surface area (Å²) in [7, 11) is 0. The Kier molecular flexibility index (Phi) is 9.18. The maximum Gasteiger partial charge on any atom is 0.261 e. The second-order valence-corrected chi connectivity index (χ2v) is 13.8. The van der Waals surface area contributed by atoms with Crippen LogP contribution in [0.4, 0.5) is 0 Å². The molecule has 0 atom stereocenters. The largest absolute Gasteiger partial charge is 0.355 e. The van der Waals surface area contributed by atoms with Gasteiger partial charge in [0, 0.05) is 34.2 Å². The number of hydrogen-bond donors (Lipinski definition) is 2. The van der Waals surface area contributed by atoms with Gasteiger partial charge in [-0.2, -0.15) is 0 Å². The molecule has 222 valence electrons. The van der Waals surface area contributed by atoms with Gasteiger partial charge in [-0.25, -0.2) is 0 Å². The van der Waals surface area contributed by atoms with Crippen LogP contribution in [-0.4, -0.2) is 40.7 Å². The Morgan fingerprint density at radius 1 is 0.707 bits per heavy atom. The summed E-state index contributed by atoms with van der Waals surface area (Å²) in [6.07, 6.45) is 13.6. The number of amides is 3. The molecule has 0 radical (unpaired) electrons. The molecule has 0 saturated heterocycles. The molecule has 0 unspecified atom stereocenters. The number of nitrogens with one attached hydrogen (secondary N) is 1.